The SMILES string of the molecule is O=C(O[C@H]1C=CC(=O)C(c2ccc(Cl)nc2)C1)c1ccccc1. The third-order valence-corrected chi connectivity index (χ3v) is 3.93. The van der Waals surface area contributed by atoms with Gasteiger partial charge in [0.2, 0.25) is 0 Å². The summed E-state index contributed by atoms with van der Waals surface area (Å²) in [6.45, 7) is 0. The molecule has 0 bridgehead atoms. The number of halogens is 1. The largest absolute Gasteiger partial charge is 0.454 e. The van der Waals surface area contributed by atoms with Crippen molar-refractivity contribution in [2.45, 2.75) is 18.4 Å². The number of esters is 1. The molecule has 1 aromatic heterocycles. The Hall–Kier alpha value is -2.46. The first kappa shape index (κ1) is 15.4. The molecule has 0 aliphatic heterocycles. The quantitative estimate of drug-likeness (QED) is 0.638. The van der Waals surface area contributed by atoms with Crippen molar-refractivity contribution in [3.8, 4) is 0 Å². The van der Waals surface area contributed by atoms with Crippen LogP contribution < -0.4 is 0 Å². The number of benzene rings is 1. The minimum absolute atomic E-state index is 0.0267. The van der Waals surface area contributed by atoms with E-state index < -0.39 is 12.1 Å². The Morgan fingerprint density at radius 2 is 1.96 bits per heavy atom. The van der Waals surface area contributed by atoms with E-state index in [1.165, 1.54) is 6.08 Å². The zero-order chi connectivity index (χ0) is 16.2. The number of nitrogens with zero attached hydrogens (tertiary/aromatic N) is 1. The summed E-state index contributed by atoms with van der Waals surface area (Å²) in [7, 11) is 0. The Morgan fingerprint density at radius 3 is 2.65 bits per heavy atom. The van der Waals surface area contributed by atoms with Crippen molar-refractivity contribution in [3.63, 3.8) is 0 Å². The van der Waals surface area contributed by atoms with Crippen molar-refractivity contribution >= 4 is 23.4 Å². The van der Waals surface area contributed by atoms with Gasteiger partial charge < -0.3 is 4.74 Å². The van der Waals surface area contributed by atoms with Crippen molar-refractivity contribution in [2.75, 3.05) is 0 Å². The first-order chi connectivity index (χ1) is 11.1. The number of hydrogen-bond acceptors (Lipinski definition) is 4. The molecule has 0 saturated heterocycles. The zero-order valence-corrected chi connectivity index (χ0v) is 12.9. The summed E-state index contributed by atoms with van der Waals surface area (Å²) in [6.07, 6.45) is 4.63. The maximum absolute atomic E-state index is 12.1. The van der Waals surface area contributed by atoms with Gasteiger partial charge in [-0.15, -0.1) is 0 Å². The number of pyridine rings is 1. The standard InChI is InChI=1S/C18H14ClNO3/c19-17-9-6-13(11-20-17)15-10-14(7-8-16(15)21)23-18(22)12-4-2-1-3-5-12/h1-9,11,14-15H,10H2/t14-,15?/m0/s1. The minimum Gasteiger partial charge on any atom is -0.454 e. The average molecular weight is 328 g/mol. The van der Waals surface area contributed by atoms with Crippen molar-refractivity contribution in [1.82, 2.24) is 4.98 Å². The molecule has 0 N–H and O–H groups in total. The number of hydrogen-bond donors (Lipinski definition) is 0. The van der Waals surface area contributed by atoms with E-state index in [-0.39, 0.29) is 11.7 Å². The van der Waals surface area contributed by atoms with Gasteiger partial charge in [0.15, 0.2) is 5.78 Å². The number of carbonyl (C=O) groups excluding carboxylic acids is 2. The summed E-state index contributed by atoms with van der Waals surface area (Å²) in [6, 6.07) is 12.2. The molecule has 23 heavy (non-hydrogen) atoms. The second-order valence-corrected chi connectivity index (χ2v) is 5.66. The summed E-state index contributed by atoms with van der Waals surface area (Å²) >= 11 is 5.77. The number of carbonyl (C=O) groups is 2. The van der Waals surface area contributed by atoms with Crippen molar-refractivity contribution in [1.29, 1.82) is 0 Å². The molecule has 0 spiro atoms. The van der Waals surface area contributed by atoms with E-state index >= 15 is 0 Å². The van der Waals surface area contributed by atoms with Crippen LogP contribution in [0.25, 0.3) is 0 Å². The summed E-state index contributed by atoms with van der Waals surface area (Å²) in [5, 5.41) is 0.375. The Bertz CT molecular complexity index is 741. The summed E-state index contributed by atoms with van der Waals surface area (Å²) in [5.41, 5.74) is 1.26. The second kappa shape index (κ2) is 6.75. The summed E-state index contributed by atoms with van der Waals surface area (Å²) < 4.78 is 5.48. The molecule has 1 unspecified atom stereocenters. The molecule has 2 aromatic rings. The molecule has 0 saturated carbocycles. The normalized spacial score (nSPS) is 20.3. The molecule has 1 aromatic carbocycles. The fraction of sp³-hybridized carbons (Fsp3) is 0.167. The minimum atomic E-state index is -0.443. The molecule has 2 atom stereocenters. The van der Waals surface area contributed by atoms with Crippen molar-refractivity contribution < 1.29 is 14.3 Å². The topological polar surface area (TPSA) is 56.3 Å². The number of ether oxygens (including phenoxy) is 1. The molecule has 1 aliphatic rings. The van der Waals surface area contributed by atoms with Crippen LogP contribution in [0.15, 0.2) is 60.8 Å². The van der Waals surface area contributed by atoms with Gasteiger partial charge >= 0.3 is 5.97 Å². The molecule has 4 nitrogen and oxygen atoms in total. The predicted octanol–water partition coefficient (Wildman–Crippen LogP) is 3.57. The van der Waals surface area contributed by atoms with Crippen LogP contribution in [0.2, 0.25) is 5.15 Å². The van der Waals surface area contributed by atoms with Gasteiger partial charge in [0.05, 0.1) is 11.5 Å². The molecule has 0 fully saturated rings. The molecule has 1 aliphatic carbocycles. The molecule has 116 valence electrons. The van der Waals surface area contributed by atoms with Crippen LogP contribution in [0.3, 0.4) is 0 Å². The van der Waals surface area contributed by atoms with Gasteiger partial charge in [0.25, 0.3) is 0 Å². The Labute approximate surface area is 138 Å². The van der Waals surface area contributed by atoms with E-state index in [0.717, 1.165) is 5.56 Å². The lowest BCUT2D eigenvalue weighted by Gasteiger charge is -2.24. The molecule has 5 heteroatoms. The fourth-order valence-corrected chi connectivity index (χ4v) is 2.62. The zero-order valence-electron chi connectivity index (χ0n) is 12.2. The monoisotopic (exact) mass is 327 g/mol. The summed E-state index contributed by atoms with van der Waals surface area (Å²) in [4.78, 5) is 28.2. The number of rotatable bonds is 3. The number of allylic oxidation sites excluding steroid dienone is 1. The fourth-order valence-electron chi connectivity index (χ4n) is 2.51. The van der Waals surface area contributed by atoms with Crippen LogP contribution in [-0.4, -0.2) is 22.8 Å². The van der Waals surface area contributed by atoms with Crippen molar-refractivity contribution in [3.05, 3.63) is 77.1 Å². The van der Waals surface area contributed by atoms with Gasteiger partial charge in [-0.1, -0.05) is 35.9 Å². The van der Waals surface area contributed by atoms with Crippen molar-refractivity contribution in [2.24, 2.45) is 0 Å². The molecule has 0 radical (unpaired) electrons. The van der Waals surface area contributed by atoms with E-state index in [0.29, 0.717) is 17.1 Å². The van der Waals surface area contributed by atoms with E-state index in [2.05, 4.69) is 4.98 Å². The van der Waals surface area contributed by atoms with Crippen LogP contribution in [0.4, 0.5) is 0 Å². The third kappa shape index (κ3) is 3.66. The lowest BCUT2D eigenvalue weighted by molar-refractivity contribution is -0.117. The first-order valence-corrected chi connectivity index (χ1v) is 7.61. The van der Waals surface area contributed by atoms with Gasteiger partial charge in [-0.25, -0.2) is 9.78 Å². The van der Waals surface area contributed by atoms with Gasteiger partial charge in [-0.3, -0.25) is 4.79 Å². The highest BCUT2D eigenvalue weighted by molar-refractivity contribution is 6.29. The molecule has 1 heterocycles. The van der Waals surface area contributed by atoms with Crippen LogP contribution in [-0.2, 0) is 9.53 Å². The molecular formula is C18H14ClNO3. The van der Waals surface area contributed by atoms with Gasteiger partial charge in [-0.2, -0.15) is 0 Å². The van der Waals surface area contributed by atoms with Gasteiger partial charge in [0, 0.05) is 12.6 Å². The second-order valence-electron chi connectivity index (χ2n) is 5.27. The number of ketones is 1. The van der Waals surface area contributed by atoms with E-state index in [1.54, 1.807) is 48.7 Å². The van der Waals surface area contributed by atoms with Crippen LogP contribution >= 0.6 is 11.6 Å². The summed E-state index contributed by atoms with van der Waals surface area (Å²) in [5.74, 6) is -0.804. The van der Waals surface area contributed by atoms with Crippen LogP contribution in [0.5, 0.6) is 0 Å². The Morgan fingerprint density at radius 1 is 1.17 bits per heavy atom. The lowest BCUT2D eigenvalue weighted by atomic mass is 9.86. The Kier molecular flexibility index (Phi) is 4.53. The molecular weight excluding hydrogens is 314 g/mol. The smallest absolute Gasteiger partial charge is 0.338 e. The Balaban J connectivity index is 1.73. The van der Waals surface area contributed by atoms with Crippen LogP contribution in [0.1, 0.15) is 28.3 Å². The highest BCUT2D eigenvalue weighted by Crippen LogP contribution is 2.28. The van der Waals surface area contributed by atoms with E-state index in [1.807, 2.05) is 6.07 Å². The maximum Gasteiger partial charge on any atom is 0.338 e. The highest BCUT2D eigenvalue weighted by Gasteiger charge is 2.28. The third-order valence-electron chi connectivity index (χ3n) is 3.71. The first-order valence-electron chi connectivity index (χ1n) is 7.23. The predicted molar refractivity (Wildman–Crippen MR) is 86.4 cm³/mol. The van der Waals surface area contributed by atoms with Gasteiger partial charge in [-0.05, 0) is 35.9 Å². The highest BCUT2D eigenvalue weighted by atomic mass is 35.5. The van der Waals surface area contributed by atoms with E-state index in [4.69, 9.17) is 16.3 Å². The van der Waals surface area contributed by atoms with Gasteiger partial charge in [0.1, 0.15) is 11.3 Å². The number of aromatic nitrogens is 1. The van der Waals surface area contributed by atoms with Crippen LogP contribution in [0, 0.1) is 0 Å². The maximum atomic E-state index is 12.1. The lowest BCUT2D eigenvalue weighted by Crippen LogP contribution is -2.26. The molecule has 0 amide bonds. The average Bonchev–Trinajstić information content (AvgIpc) is 2.58. The van der Waals surface area contributed by atoms with E-state index in [9.17, 15) is 9.59 Å². The molecule has 3 rings (SSSR count).